The molecule has 1 aromatic heterocycles. The van der Waals surface area contributed by atoms with Gasteiger partial charge in [-0.15, -0.1) is 0 Å². The summed E-state index contributed by atoms with van der Waals surface area (Å²) in [5.41, 5.74) is 4.61. The normalized spacial score (nSPS) is 10.6. The first-order valence-electron chi connectivity index (χ1n) is 8.03. The van der Waals surface area contributed by atoms with E-state index in [9.17, 15) is 10.1 Å². The number of aliphatic carboxylic acids is 1. The van der Waals surface area contributed by atoms with E-state index in [2.05, 4.69) is 23.6 Å². The Morgan fingerprint density at radius 2 is 1.96 bits per heavy atom. The van der Waals surface area contributed by atoms with Crippen LogP contribution < -0.4 is 4.74 Å². The number of fused-ring (bicyclic) bond motifs is 1. The number of hydrogen-bond donors (Lipinski definition) is 1. The van der Waals surface area contributed by atoms with Gasteiger partial charge in [0.25, 0.3) is 0 Å². The molecule has 0 aliphatic heterocycles. The minimum absolute atomic E-state index is 0.378. The van der Waals surface area contributed by atoms with Gasteiger partial charge in [-0.25, -0.2) is 4.79 Å². The van der Waals surface area contributed by atoms with Crippen molar-refractivity contribution in [3.05, 3.63) is 53.6 Å². The molecule has 1 N–H and O–H groups in total. The summed E-state index contributed by atoms with van der Waals surface area (Å²) in [5.74, 6) is -0.531. The van der Waals surface area contributed by atoms with Crippen LogP contribution in [-0.4, -0.2) is 22.2 Å². The highest BCUT2D eigenvalue weighted by Crippen LogP contribution is 2.34. The van der Waals surface area contributed by atoms with E-state index in [0.717, 1.165) is 34.3 Å². The average Bonchev–Trinajstić information content (AvgIpc) is 2.92. The summed E-state index contributed by atoms with van der Waals surface area (Å²) in [4.78, 5) is 10.6. The van der Waals surface area contributed by atoms with Crippen molar-refractivity contribution >= 4 is 16.9 Å². The molecule has 0 radical (unpaired) electrons. The fraction of sp³-hybridized carbons (Fsp3) is 0.200. The highest BCUT2D eigenvalue weighted by Gasteiger charge is 2.18. The van der Waals surface area contributed by atoms with Gasteiger partial charge >= 0.3 is 5.97 Å². The summed E-state index contributed by atoms with van der Waals surface area (Å²) in [5, 5.41) is 19.3. The number of aromatic nitrogens is 1. The van der Waals surface area contributed by atoms with Crippen LogP contribution in [0.3, 0.4) is 0 Å². The van der Waals surface area contributed by atoms with Crippen molar-refractivity contribution in [1.29, 1.82) is 5.26 Å². The van der Waals surface area contributed by atoms with Gasteiger partial charge in [0.05, 0.1) is 16.8 Å². The van der Waals surface area contributed by atoms with Gasteiger partial charge in [-0.05, 0) is 55.3 Å². The van der Waals surface area contributed by atoms with E-state index in [0.29, 0.717) is 11.3 Å². The number of aryl methyl sites for hydroxylation is 2. The zero-order valence-corrected chi connectivity index (χ0v) is 14.1. The molecule has 0 fully saturated rings. The summed E-state index contributed by atoms with van der Waals surface area (Å²) in [6.45, 7) is 4.45. The highest BCUT2D eigenvalue weighted by molar-refractivity contribution is 5.95. The maximum absolute atomic E-state index is 10.6. The second-order valence-corrected chi connectivity index (χ2v) is 5.81. The molecule has 2 aromatic carbocycles. The van der Waals surface area contributed by atoms with Gasteiger partial charge in [-0.1, -0.05) is 12.1 Å². The Hall–Kier alpha value is -3.26. The maximum atomic E-state index is 10.6. The van der Waals surface area contributed by atoms with Crippen LogP contribution in [0.1, 0.15) is 18.1 Å². The third-order valence-corrected chi connectivity index (χ3v) is 4.14. The Balaban J connectivity index is 2.12. The van der Waals surface area contributed by atoms with Crippen LogP contribution in [0.15, 0.2) is 42.5 Å². The SMILES string of the molecule is CCn1c(-c2ccc(OCC(=O)O)cc2)c(C#N)c2ccc(C)cc21. The summed E-state index contributed by atoms with van der Waals surface area (Å²) in [6.07, 6.45) is 0. The molecule has 1 heterocycles. The van der Waals surface area contributed by atoms with Crippen molar-refractivity contribution in [2.75, 3.05) is 6.61 Å². The van der Waals surface area contributed by atoms with E-state index >= 15 is 0 Å². The Morgan fingerprint density at radius 1 is 1.24 bits per heavy atom. The van der Waals surface area contributed by atoms with Crippen LogP contribution in [0, 0.1) is 18.3 Å². The molecule has 0 atom stereocenters. The van der Waals surface area contributed by atoms with E-state index in [1.165, 1.54) is 0 Å². The van der Waals surface area contributed by atoms with Crippen LogP contribution in [0.4, 0.5) is 0 Å². The molecule has 0 saturated carbocycles. The molecule has 3 aromatic rings. The summed E-state index contributed by atoms with van der Waals surface area (Å²) in [7, 11) is 0. The number of nitriles is 1. The molecule has 0 unspecified atom stereocenters. The van der Waals surface area contributed by atoms with Gasteiger partial charge < -0.3 is 14.4 Å². The first kappa shape index (κ1) is 16.6. The Bertz CT molecular complexity index is 979. The lowest BCUT2D eigenvalue weighted by molar-refractivity contribution is -0.139. The van der Waals surface area contributed by atoms with Gasteiger partial charge in [-0.3, -0.25) is 0 Å². The molecule has 0 amide bonds. The lowest BCUT2D eigenvalue weighted by Gasteiger charge is -2.10. The van der Waals surface area contributed by atoms with Crippen LogP contribution in [0.2, 0.25) is 0 Å². The first-order chi connectivity index (χ1) is 12.0. The van der Waals surface area contributed by atoms with Crippen molar-refractivity contribution in [2.45, 2.75) is 20.4 Å². The Morgan fingerprint density at radius 3 is 2.56 bits per heavy atom. The number of nitrogens with zero attached hydrogens (tertiary/aromatic N) is 2. The van der Waals surface area contributed by atoms with E-state index in [-0.39, 0.29) is 6.61 Å². The maximum Gasteiger partial charge on any atom is 0.341 e. The molecular weight excluding hydrogens is 316 g/mol. The molecule has 0 aliphatic rings. The van der Waals surface area contributed by atoms with Crippen molar-refractivity contribution in [3.8, 4) is 23.1 Å². The molecular formula is C20H18N2O3. The van der Waals surface area contributed by atoms with Gasteiger partial charge in [-0.2, -0.15) is 5.26 Å². The van der Waals surface area contributed by atoms with E-state index in [1.54, 1.807) is 12.1 Å². The largest absolute Gasteiger partial charge is 0.482 e. The standard InChI is InChI=1S/C20H18N2O3/c1-3-22-18-10-13(2)4-9-16(18)17(11-21)20(22)14-5-7-15(8-6-14)25-12-19(23)24/h4-10H,3,12H2,1-2H3,(H,23,24). The average molecular weight is 334 g/mol. The molecule has 126 valence electrons. The molecule has 5 nitrogen and oxygen atoms in total. The predicted molar refractivity (Wildman–Crippen MR) is 95.6 cm³/mol. The minimum atomic E-state index is -1.02. The predicted octanol–water partition coefficient (Wildman–Crippen LogP) is 3.97. The van der Waals surface area contributed by atoms with Crippen molar-refractivity contribution < 1.29 is 14.6 Å². The zero-order chi connectivity index (χ0) is 18.0. The fourth-order valence-electron chi connectivity index (χ4n) is 3.06. The van der Waals surface area contributed by atoms with Crippen LogP contribution >= 0.6 is 0 Å². The monoisotopic (exact) mass is 334 g/mol. The molecule has 0 spiro atoms. The van der Waals surface area contributed by atoms with Crippen LogP contribution in [-0.2, 0) is 11.3 Å². The van der Waals surface area contributed by atoms with Crippen molar-refractivity contribution in [2.24, 2.45) is 0 Å². The quantitative estimate of drug-likeness (QED) is 0.766. The summed E-state index contributed by atoms with van der Waals surface area (Å²) >= 11 is 0. The molecule has 3 rings (SSSR count). The number of carboxylic acid groups (broad SMARTS) is 1. The lowest BCUT2D eigenvalue weighted by Crippen LogP contribution is -2.09. The molecule has 0 aliphatic carbocycles. The third kappa shape index (κ3) is 3.07. The number of carbonyl (C=O) groups is 1. The number of hydrogen-bond acceptors (Lipinski definition) is 3. The number of ether oxygens (including phenoxy) is 1. The molecule has 0 saturated heterocycles. The second-order valence-electron chi connectivity index (χ2n) is 5.81. The Kier molecular flexibility index (Phi) is 4.44. The summed E-state index contributed by atoms with van der Waals surface area (Å²) in [6, 6.07) is 15.6. The lowest BCUT2D eigenvalue weighted by atomic mass is 10.1. The molecule has 5 heteroatoms. The number of benzene rings is 2. The van der Waals surface area contributed by atoms with Gasteiger partial charge in [0.15, 0.2) is 6.61 Å². The smallest absolute Gasteiger partial charge is 0.341 e. The van der Waals surface area contributed by atoms with Crippen LogP contribution in [0.25, 0.3) is 22.2 Å². The third-order valence-electron chi connectivity index (χ3n) is 4.14. The van der Waals surface area contributed by atoms with Gasteiger partial charge in [0, 0.05) is 11.9 Å². The van der Waals surface area contributed by atoms with Crippen LogP contribution in [0.5, 0.6) is 5.75 Å². The highest BCUT2D eigenvalue weighted by atomic mass is 16.5. The van der Waals surface area contributed by atoms with Gasteiger partial charge in [0.1, 0.15) is 11.8 Å². The number of rotatable bonds is 5. The minimum Gasteiger partial charge on any atom is -0.482 e. The Labute approximate surface area is 145 Å². The summed E-state index contributed by atoms with van der Waals surface area (Å²) < 4.78 is 7.31. The fourth-order valence-corrected chi connectivity index (χ4v) is 3.06. The van der Waals surface area contributed by atoms with E-state index < -0.39 is 5.97 Å². The van der Waals surface area contributed by atoms with E-state index in [1.807, 2.05) is 31.2 Å². The second kappa shape index (κ2) is 6.70. The van der Waals surface area contributed by atoms with Crippen molar-refractivity contribution in [1.82, 2.24) is 4.57 Å². The van der Waals surface area contributed by atoms with Crippen molar-refractivity contribution in [3.63, 3.8) is 0 Å². The molecule has 25 heavy (non-hydrogen) atoms. The topological polar surface area (TPSA) is 75.2 Å². The van der Waals surface area contributed by atoms with Gasteiger partial charge in [0.2, 0.25) is 0 Å². The zero-order valence-electron chi connectivity index (χ0n) is 14.1. The number of carboxylic acids is 1. The molecule has 0 bridgehead atoms. The first-order valence-corrected chi connectivity index (χ1v) is 8.03. The van der Waals surface area contributed by atoms with E-state index in [4.69, 9.17) is 9.84 Å².